The molecule has 8 nitrogen and oxygen atoms in total. The van der Waals surface area contributed by atoms with Crippen molar-refractivity contribution >= 4 is 46.1 Å². The van der Waals surface area contributed by atoms with Crippen LogP contribution in [0.25, 0.3) is 10.8 Å². The molecular formula is C47H52NO7. The summed E-state index contributed by atoms with van der Waals surface area (Å²) in [4.78, 5) is 88.9. The Labute approximate surface area is 324 Å². The maximum Gasteiger partial charge on any atom is 0.223 e. The van der Waals surface area contributed by atoms with Crippen molar-refractivity contribution in [2.75, 3.05) is 26.3 Å². The zero-order valence-corrected chi connectivity index (χ0v) is 32.4. The Morgan fingerprint density at radius 1 is 0.709 bits per heavy atom. The molecule has 0 saturated carbocycles. The number of hydrogen-bond donors (Lipinski definition) is 0. The lowest BCUT2D eigenvalue weighted by molar-refractivity contribution is -0.151. The third-order valence-corrected chi connectivity index (χ3v) is 10.8. The number of benzene rings is 4. The van der Waals surface area contributed by atoms with E-state index in [-0.39, 0.29) is 50.2 Å². The van der Waals surface area contributed by atoms with Crippen molar-refractivity contribution in [1.82, 2.24) is 4.90 Å². The van der Waals surface area contributed by atoms with Crippen LogP contribution in [-0.4, -0.2) is 66.5 Å². The molecule has 1 saturated heterocycles. The van der Waals surface area contributed by atoms with Gasteiger partial charge in [0.25, 0.3) is 0 Å². The fourth-order valence-electron chi connectivity index (χ4n) is 7.76. The molecule has 0 spiro atoms. The number of hydrogen-bond acceptors (Lipinski definition) is 7. The van der Waals surface area contributed by atoms with Gasteiger partial charge in [-0.25, -0.2) is 0 Å². The Bertz CT molecular complexity index is 1970. The Kier molecular flexibility index (Phi) is 13.8. The smallest absolute Gasteiger partial charge is 0.223 e. The van der Waals surface area contributed by atoms with E-state index in [1.54, 1.807) is 62.9 Å². The number of fused-ring (bicyclic) bond motifs is 1. The Hall–Kier alpha value is -5.08. The van der Waals surface area contributed by atoms with Crippen molar-refractivity contribution in [1.29, 1.82) is 0 Å². The number of ketones is 4. The van der Waals surface area contributed by atoms with Crippen molar-refractivity contribution in [3.63, 3.8) is 0 Å². The third-order valence-electron chi connectivity index (χ3n) is 10.8. The number of rotatable bonds is 18. The fourth-order valence-corrected chi connectivity index (χ4v) is 7.76. The summed E-state index contributed by atoms with van der Waals surface area (Å²) in [6, 6.07) is 31.6. The minimum atomic E-state index is -2.30. The molecular weight excluding hydrogens is 691 g/mol. The molecule has 4 unspecified atom stereocenters. The first-order valence-corrected chi connectivity index (χ1v) is 19.3. The topological polar surface area (TPSA) is 115 Å². The maximum atomic E-state index is 15.6. The Morgan fingerprint density at radius 3 is 1.93 bits per heavy atom. The minimum Gasteiger partial charge on any atom is -0.378 e. The molecule has 8 heteroatoms. The average Bonchev–Trinajstić information content (AvgIpc) is 3.20. The summed E-state index contributed by atoms with van der Waals surface area (Å²) in [5.41, 5.74) is -1.33. The molecule has 1 aliphatic heterocycles. The standard InChI is InChI=1S/C47H52NO7/c1-5-39(50)29-38(27-33-15-8-6-9-16-33)44(53)47(32-49,31-34-17-10-7-11-18-34)42(45(54)46(2,3)4)43(52)37(30-41(51)48-23-25-55-26-24-48)28-36-21-14-20-35-19-12-13-22-40(35)36/h6-22,37-38,42H,5,23-31H2,1-4H3. The first-order valence-electron chi connectivity index (χ1n) is 19.3. The van der Waals surface area contributed by atoms with Crippen LogP contribution in [0.2, 0.25) is 0 Å². The summed E-state index contributed by atoms with van der Waals surface area (Å²) in [5, 5.41) is 1.85. The normalized spacial score (nSPS) is 16.0. The summed E-state index contributed by atoms with van der Waals surface area (Å²) >= 11 is 0. The van der Waals surface area contributed by atoms with Gasteiger partial charge in [0.2, 0.25) is 12.2 Å². The van der Waals surface area contributed by atoms with E-state index in [2.05, 4.69) is 6.29 Å². The van der Waals surface area contributed by atoms with E-state index in [1.165, 1.54) is 0 Å². The van der Waals surface area contributed by atoms with Crippen LogP contribution in [0.5, 0.6) is 0 Å². The second-order valence-electron chi connectivity index (χ2n) is 15.8. The molecule has 4 atom stereocenters. The first kappa shape index (κ1) is 41.1. The molecule has 1 radical (unpaired) electrons. The average molecular weight is 743 g/mol. The predicted molar refractivity (Wildman–Crippen MR) is 213 cm³/mol. The van der Waals surface area contributed by atoms with Gasteiger partial charge in [-0.3, -0.25) is 28.8 Å². The number of nitrogens with zero attached hydrogens (tertiary/aromatic N) is 1. The van der Waals surface area contributed by atoms with Gasteiger partial charge >= 0.3 is 0 Å². The molecule has 287 valence electrons. The highest BCUT2D eigenvalue weighted by atomic mass is 16.5. The molecule has 4 aromatic rings. The van der Waals surface area contributed by atoms with Crippen molar-refractivity contribution in [2.45, 2.75) is 66.2 Å². The maximum absolute atomic E-state index is 15.6. The number of Topliss-reactive ketones (excluding diaryl/α,β-unsaturated/α-hetero) is 4. The zero-order chi connectivity index (χ0) is 39.6. The quantitative estimate of drug-likeness (QED) is 0.0993. The van der Waals surface area contributed by atoms with Crippen LogP contribution in [0.3, 0.4) is 0 Å². The third kappa shape index (κ3) is 9.97. The molecule has 0 N–H and O–H groups in total. The number of amides is 1. The van der Waals surface area contributed by atoms with Gasteiger partial charge in [0, 0.05) is 49.6 Å². The fraction of sp³-hybridized carbons (Fsp3) is 0.404. The van der Waals surface area contributed by atoms with Crippen molar-refractivity contribution in [3.8, 4) is 0 Å². The highest BCUT2D eigenvalue weighted by Gasteiger charge is 2.57. The van der Waals surface area contributed by atoms with Crippen molar-refractivity contribution in [3.05, 3.63) is 120 Å². The molecule has 4 aromatic carbocycles. The van der Waals surface area contributed by atoms with E-state index >= 15 is 9.59 Å². The number of carbonyl (C=O) groups is 5. The lowest BCUT2D eigenvalue weighted by Gasteiger charge is -2.39. The van der Waals surface area contributed by atoms with E-state index in [0.29, 0.717) is 31.9 Å². The van der Waals surface area contributed by atoms with Crippen LogP contribution in [0.1, 0.15) is 63.6 Å². The molecule has 0 aromatic heterocycles. The van der Waals surface area contributed by atoms with Gasteiger partial charge in [-0.15, -0.1) is 0 Å². The molecule has 1 fully saturated rings. The van der Waals surface area contributed by atoms with Crippen LogP contribution >= 0.6 is 0 Å². The zero-order valence-electron chi connectivity index (χ0n) is 32.4. The van der Waals surface area contributed by atoms with E-state index in [1.807, 2.05) is 72.8 Å². The van der Waals surface area contributed by atoms with Gasteiger partial charge in [0.05, 0.1) is 19.1 Å². The number of ether oxygens (including phenoxy) is 1. The van der Waals surface area contributed by atoms with E-state index in [9.17, 15) is 19.2 Å². The van der Waals surface area contributed by atoms with Gasteiger partial charge < -0.3 is 9.64 Å². The summed E-state index contributed by atoms with van der Waals surface area (Å²) < 4.78 is 5.49. The molecule has 0 bridgehead atoms. The molecule has 55 heavy (non-hydrogen) atoms. The Morgan fingerprint density at radius 2 is 1.31 bits per heavy atom. The van der Waals surface area contributed by atoms with Crippen LogP contribution < -0.4 is 0 Å². The first-order chi connectivity index (χ1) is 26.4. The second kappa shape index (κ2) is 18.5. The van der Waals surface area contributed by atoms with Crippen molar-refractivity contribution in [2.24, 2.45) is 28.6 Å². The predicted octanol–water partition coefficient (Wildman–Crippen LogP) is 7.18. The van der Waals surface area contributed by atoms with Gasteiger partial charge in [-0.2, -0.15) is 0 Å². The lowest BCUT2D eigenvalue weighted by atomic mass is 9.58. The number of morpholine rings is 1. The van der Waals surface area contributed by atoms with E-state index in [0.717, 1.165) is 21.9 Å². The van der Waals surface area contributed by atoms with Crippen LogP contribution in [0, 0.1) is 28.6 Å². The van der Waals surface area contributed by atoms with E-state index < -0.39 is 45.9 Å². The SMILES string of the molecule is CCC(=O)CC(Cc1ccccc1)C(=O)C([C]=O)(Cc1ccccc1)C(C(=O)C(CC(=O)N1CCOCC1)Cc1cccc2ccccc12)C(=O)C(C)(C)C. The van der Waals surface area contributed by atoms with Crippen LogP contribution in [-0.2, 0) is 52.8 Å². The molecule has 0 aliphatic carbocycles. The van der Waals surface area contributed by atoms with Gasteiger partial charge in [0.1, 0.15) is 22.8 Å². The van der Waals surface area contributed by atoms with E-state index in [4.69, 9.17) is 4.74 Å². The van der Waals surface area contributed by atoms with Gasteiger partial charge in [0.15, 0.2) is 5.78 Å². The number of carbonyl (C=O) groups excluding carboxylic acids is 6. The molecule has 1 aliphatic rings. The van der Waals surface area contributed by atoms with Gasteiger partial charge in [-0.05, 0) is 46.7 Å². The van der Waals surface area contributed by atoms with Gasteiger partial charge in [-0.1, -0.05) is 131 Å². The van der Waals surface area contributed by atoms with Crippen LogP contribution in [0.4, 0.5) is 0 Å². The minimum absolute atomic E-state index is 0.0976. The summed E-state index contributed by atoms with van der Waals surface area (Å²) in [6.07, 6.45) is 1.78. The second-order valence-corrected chi connectivity index (χ2v) is 15.8. The van der Waals surface area contributed by atoms with Crippen molar-refractivity contribution < 1.29 is 33.5 Å². The van der Waals surface area contributed by atoms with Crippen LogP contribution in [0.15, 0.2) is 103 Å². The Balaban J connectivity index is 1.71. The molecule has 5 rings (SSSR count). The summed E-state index contributed by atoms with van der Waals surface area (Å²) in [6.45, 7) is 8.18. The molecule has 1 amide bonds. The summed E-state index contributed by atoms with van der Waals surface area (Å²) in [7, 11) is 0. The largest absolute Gasteiger partial charge is 0.378 e. The highest BCUT2D eigenvalue weighted by molar-refractivity contribution is 6.16. The molecule has 1 heterocycles. The monoisotopic (exact) mass is 742 g/mol. The summed E-state index contributed by atoms with van der Waals surface area (Å²) in [5.74, 6) is -6.23. The lowest BCUT2D eigenvalue weighted by Crippen LogP contribution is -2.56. The highest BCUT2D eigenvalue weighted by Crippen LogP contribution is 2.43.